The molecule has 2 rings (SSSR count). The molecule has 0 fully saturated rings. The lowest BCUT2D eigenvalue weighted by molar-refractivity contribution is -0.114. The Morgan fingerprint density at radius 3 is 2.74 bits per heavy atom. The maximum Gasteiger partial charge on any atom is 0.269 e. The fourth-order valence-corrected chi connectivity index (χ4v) is 3.24. The highest BCUT2D eigenvalue weighted by atomic mass is 32.2. The van der Waals surface area contributed by atoms with Crippen LogP contribution < -0.4 is 4.72 Å². The van der Waals surface area contributed by atoms with Crippen LogP contribution in [-0.2, 0) is 14.8 Å². The number of nitrogens with zero attached hydrogens (tertiary/aromatic N) is 2. The number of carbonyl (C=O) groups excluding carboxylic acids is 1. The lowest BCUT2D eigenvalue weighted by Gasteiger charge is -2.03. The number of aromatic nitrogens is 1. The summed E-state index contributed by atoms with van der Waals surface area (Å²) in [6, 6.07) is 8.53. The van der Waals surface area contributed by atoms with E-state index in [1.807, 2.05) is 10.8 Å². The van der Waals surface area contributed by atoms with Crippen LogP contribution in [-0.4, -0.2) is 19.5 Å². The molecule has 0 radical (unpaired) electrons. The van der Waals surface area contributed by atoms with Crippen molar-refractivity contribution in [3.8, 4) is 6.07 Å². The maximum atomic E-state index is 12.1. The topological polar surface area (TPSA) is 113 Å². The van der Waals surface area contributed by atoms with Gasteiger partial charge in [0.1, 0.15) is 5.69 Å². The highest BCUT2D eigenvalue weighted by molar-refractivity contribution is 7.90. The van der Waals surface area contributed by atoms with Crippen molar-refractivity contribution in [2.24, 2.45) is 0 Å². The van der Waals surface area contributed by atoms with E-state index in [4.69, 9.17) is 9.78 Å². The third-order valence-electron chi connectivity index (χ3n) is 2.91. The summed E-state index contributed by atoms with van der Waals surface area (Å²) in [5.41, 5.74) is 1.22. The molecule has 8 heteroatoms. The van der Waals surface area contributed by atoms with Crippen LogP contribution in [0, 0.1) is 25.2 Å². The molecule has 0 aliphatic heterocycles. The van der Waals surface area contributed by atoms with Gasteiger partial charge in [-0.3, -0.25) is 4.79 Å². The van der Waals surface area contributed by atoms with E-state index < -0.39 is 15.9 Å². The van der Waals surface area contributed by atoms with E-state index in [0.29, 0.717) is 11.1 Å². The zero-order valence-corrected chi connectivity index (χ0v) is 13.2. The van der Waals surface area contributed by atoms with E-state index in [2.05, 4.69) is 5.16 Å². The van der Waals surface area contributed by atoms with Gasteiger partial charge in [0.15, 0.2) is 10.7 Å². The van der Waals surface area contributed by atoms with Gasteiger partial charge >= 0.3 is 0 Å². The summed E-state index contributed by atoms with van der Waals surface area (Å²) in [7, 11) is -4.05. The minimum Gasteiger partial charge on any atom is -0.360 e. The van der Waals surface area contributed by atoms with Crippen LogP contribution in [0.25, 0.3) is 6.08 Å². The molecule has 1 aromatic heterocycles. The first-order valence-electron chi connectivity index (χ1n) is 6.51. The maximum absolute atomic E-state index is 12.1. The van der Waals surface area contributed by atoms with Crippen LogP contribution in [0.4, 0.5) is 0 Å². The van der Waals surface area contributed by atoms with Crippen molar-refractivity contribution in [1.82, 2.24) is 9.88 Å². The molecule has 0 unspecified atom stereocenters. The summed E-state index contributed by atoms with van der Waals surface area (Å²) < 4.78 is 31.0. The summed E-state index contributed by atoms with van der Waals surface area (Å²) in [5.74, 6) is -0.708. The molecule has 118 valence electrons. The summed E-state index contributed by atoms with van der Waals surface area (Å²) in [4.78, 5) is 11.7. The largest absolute Gasteiger partial charge is 0.360 e. The highest BCUT2D eigenvalue weighted by Gasteiger charge is 2.25. The second-order valence-corrected chi connectivity index (χ2v) is 6.31. The summed E-state index contributed by atoms with van der Waals surface area (Å²) in [6.07, 6.45) is 2.49. The fraction of sp³-hybridized carbons (Fsp3) is 0.133. The Morgan fingerprint density at radius 2 is 2.13 bits per heavy atom. The molecule has 0 saturated heterocycles. The third kappa shape index (κ3) is 3.84. The Balaban J connectivity index is 2.16. The highest BCUT2D eigenvalue weighted by Crippen LogP contribution is 2.18. The van der Waals surface area contributed by atoms with Gasteiger partial charge in [-0.05, 0) is 37.6 Å². The number of hydrogen-bond acceptors (Lipinski definition) is 6. The first-order chi connectivity index (χ1) is 10.8. The number of nitrogens with one attached hydrogen (secondary N) is 1. The van der Waals surface area contributed by atoms with Crippen LogP contribution in [0.1, 0.15) is 22.6 Å². The molecule has 1 amide bonds. The molecule has 0 spiro atoms. The number of benzene rings is 1. The van der Waals surface area contributed by atoms with Crippen molar-refractivity contribution in [3.63, 3.8) is 0 Å². The average molecular weight is 331 g/mol. The van der Waals surface area contributed by atoms with Crippen molar-refractivity contribution in [2.75, 3.05) is 0 Å². The van der Waals surface area contributed by atoms with Crippen LogP contribution >= 0.6 is 0 Å². The predicted octanol–water partition coefficient (Wildman–Crippen LogP) is 1.68. The molecule has 0 saturated carbocycles. The van der Waals surface area contributed by atoms with Gasteiger partial charge in [-0.15, -0.1) is 0 Å². The van der Waals surface area contributed by atoms with Crippen LogP contribution in [0.15, 0.2) is 39.8 Å². The predicted molar refractivity (Wildman–Crippen MR) is 81.5 cm³/mol. The minimum atomic E-state index is -4.05. The van der Waals surface area contributed by atoms with E-state index in [0.717, 1.165) is 6.08 Å². The molecular weight excluding hydrogens is 318 g/mol. The van der Waals surface area contributed by atoms with Crippen LogP contribution in [0.2, 0.25) is 0 Å². The van der Waals surface area contributed by atoms with Crippen LogP contribution in [0.3, 0.4) is 0 Å². The molecule has 0 atom stereocenters. The molecule has 0 aliphatic carbocycles. The molecule has 1 aromatic carbocycles. The zero-order chi connectivity index (χ0) is 17.0. The normalized spacial score (nSPS) is 11.3. The van der Waals surface area contributed by atoms with E-state index in [-0.39, 0.29) is 16.3 Å². The molecule has 23 heavy (non-hydrogen) atoms. The average Bonchev–Trinajstić information content (AvgIpc) is 2.84. The van der Waals surface area contributed by atoms with Gasteiger partial charge in [0.2, 0.25) is 0 Å². The van der Waals surface area contributed by atoms with Gasteiger partial charge in [0.05, 0.1) is 11.6 Å². The number of hydrogen-bond donors (Lipinski definition) is 1. The lowest BCUT2D eigenvalue weighted by atomic mass is 10.1. The number of nitriles is 1. The second-order valence-electron chi connectivity index (χ2n) is 4.69. The number of amides is 1. The number of rotatable bonds is 4. The standard InChI is InChI=1S/C15H13N3O4S/c1-10-15(11(2)22-17-10)23(20,21)18-14(19)7-6-12-4-3-5-13(8-12)9-16/h3-8H,1-2H3,(H,18,19). The van der Waals surface area contributed by atoms with E-state index >= 15 is 0 Å². The smallest absolute Gasteiger partial charge is 0.269 e. The molecule has 7 nitrogen and oxygen atoms in total. The Morgan fingerprint density at radius 1 is 1.39 bits per heavy atom. The van der Waals surface area contributed by atoms with E-state index in [1.54, 1.807) is 24.3 Å². The van der Waals surface area contributed by atoms with Crippen molar-refractivity contribution in [2.45, 2.75) is 18.7 Å². The van der Waals surface area contributed by atoms with Gasteiger partial charge in [0, 0.05) is 6.08 Å². The van der Waals surface area contributed by atoms with Gasteiger partial charge in [0.25, 0.3) is 15.9 Å². The lowest BCUT2D eigenvalue weighted by Crippen LogP contribution is -2.29. The Hall–Kier alpha value is -2.92. The number of sulfonamides is 1. The first kappa shape index (κ1) is 16.5. The Kier molecular flexibility index (Phi) is 4.62. The Labute approximate surface area is 133 Å². The van der Waals surface area contributed by atoms with Gasteiger partial charge in [-0.25, -0.2) is 13.1 Å². The Bertz CT molecular complexity index is 901. The molecule has 1 heterocycles. The van der Waals surface area contributed by atoms with Crippen molar-refractivity contribution in [1.29, 1.82) is 5.26 Å². The fourth-order valence-electron chi connectivity index (χ4n) is 1.96. The zero-order valence-electron chi connectivity index (χ0n) is 12.4. The first-order valence-corrected chi connectivity index (χ1v) is 7.99. The van der Waals surface area contributed by atoms with Gasteiger partial charge in [-0.1, -0.05) is 17.3 Å². The summed E-state index contributed by atoms with van der Waals surface area (Å²) in [6.45, 7) is 2.92. The van der Waals surface area contributed by atoms with Gasteiger partial charge < -0.3 is 4.52 Å². The minimum absolute atomic E-state index is 0.105. The molecule has 0 bridgehead atoms. The number of carbonyl (C=O) groups is 1. The summed E-state index contributed by atoms with van der Waals surface area (Å²) >= 11 is 0. The molecule has 0 aliphatic rings. The second kappa shape index (κ2) is 6.46. The monoisotopic (exact) mass is 331 g/mol. The molecule has 2 aromatic rings. The van der Waals surface area contributed by atoms with E-state index in [9.17, 15) is 13.2 Å². The quantitative estimate of drug-likeness (QED) is 0.853. The van der Waals surface area contributed by atoms with E-state index in [1.165, 1.54) is 19.9 Å². The summed E-state index contributed by atoms with van der Waals surface area (Å²) in [5, 5.41) is 12.4. The van der Waals surface area contributed by atoms with Gasteiger partial charge in [-0.2, -0.15) is 5.26 Å². The van der Waals surface area contributed by atoms with Crippen molar-refractivity contribution in [3.05, 3.63) is 52.9 Å². The van der Waals surface area contributed by atoms with Crippen LogP contribution in [0.5, 0.6) is 0 Å². The molecular formula is C15H13N3O4S. The molecule has 1 N–H and O–H groups in total. The third-order valence-corrected chi connectivity index (χ3v) is 4.50. The SMILES string of the molecule is Cc1noc(C)c1S(=O)(=O)NC(=O)C=Cc1cccc(C#N)c1. The number of aryl methyl sites for hydroxylation is 2. The van der Waals surface area contributed by atoms with Crippen molar-refractivity contribution < 1.29 is 17.7 Å². The van der Waals surface area contributed by atoms with Crippen molar-refractivity contribution >= 4 is 22.0 Å².